The Hall–Kier alpha value is -3.49. The van der Waals surface area contributed by atoms with Gasteiger partial charge in [0, 0.05) is 19.0 Å². The molecule has 0 heterocycles. The van der Waals surface area contributed by atoms with Crippen LogP contribution in [0.5, 0.6) is 5.75 Å². The maximum Gasteiger partial charge on any atom is 0.304 e. The number of nitrogens with one attached hydrogen (secondary N) is 2. The maximum absolute atomic E-state index is 13.5. The Morgan fingerprint density at radius 3 is 2.33 bits per heavy atom. The molecule has 2 aromatic carbocycles. The highest BCUT2D eigenvalue weighted by Crippen LogP contribution is 2.17. The largest absolute Gasteiger partial charge is 0.508 e. The number of aryl methyl sites for hydroxylation is 1. The fourth-order valence-electron chi connectivity index (χ4n) is 2.26. The molecule has 0 aliphatic heterocycles. The summed E-state index contributed by atoms with van der Waals surface area (Å²) in [5, 5.41) is 24.7. The molecule has 0 unspecified atom stereocenters. The van der Waals surface area contributed by atoms with Gasteiger partial charge in [0.05, 0.1) is 11.5 Å². The molecule has 0 aliphatic rings. The lowest BCUT2D eigenvalue weighted by Gasteiger charge is -2.07. The Balaban J connectivity index is 1.71. The van der Waals surface area contributed by atoms with Gasteiger partial charge in [-0.05, 0) is 35.7 Å². The van der Waals surface area contributed by atoms with Gasteiger partial charge in [-0.15, -0.1) is 0 Å². The normalized spacial score (nSPS) is 10.3. The predicted octanol–water partition coefficient (Wildman–Crippen LogP) is 1.80. The second-order valence-corrected chi connectivity index (χ2v) is 5.76. The first-order valence-corrected chi connectivity index (χ1v) is 8.09. The molecule has 3 N–H and O–H groups in total. The van der Waals surface area contributed by atoms with Crippen LogP contribution in [0.15, 0.2) is 42.5 Å². The molecule has 27 heavy (non-hydrogen) atoms. The van der Waals surface area contributed by atoms with Gasteiger partial charge in [0.25, 0.3) is 0 Å². The van der Waals surface area contributed by atoms with E-state index in [1.165, 1.54) is 18.2 Å². The number of rotatable bonds is 8. The number of hydrogen-bond donors (Lipinski definition) is 3. The number of benzene rings is 2. The molecule has 0 atom stereocenters. The third-order valence-corrected chi connectivity index (χ3v) is 3.72. The van der Waals surface area contributed by atoms with Gasteiger partial charge in [0.1, 0.15) is 5.75 Å². The number of nitrogens with zero attached hydrogens (tertiary/aromatic N) is 1. The van der Waals surface area contributed by atoms with Crippen molar-refractivity contribution < 1.29 is 24.0 Å². The van der Waals surface area contributed by atoms with E-state index in [4.69, 9.17) is 0 Å². The van der Waals surface area contributed by atoms with Crippen LogP contribution in [-0.4, -0.2) is 28.4 Å². The standard InChI is InChI=1S/C18H18FN3O5/c19-15-9-13(3-7-16(15)22(26)27)10-20-18(25)11-21-17(24)8-4-12-1-5-14(23)6-2-12/h1-3,5-7,9,23H,4,8,10-11H2,(H,20,25)(H,21,24). The molecule has 2 rings (SSSR count). The van der Waals surface area contributed by atoms with Gasteiger partial charge in [-0.1, -0.05) is 18.2 Å². The second-order valence-electron chi connectivity index (χ2n) is 5.76. The molecular weight excluding hydrogens is 357 g/mol. The van der Waals surface area contributed by atoms with Gasteiger partial charge in [-0.2, -0.15) is 4.39 Å². The van der Waals surface area contributed by atoms with Crippen molar-refractivity contribution in [2.45, 2.75) is 19.4 Å². The maximum atomic E-state index is 13.5. The third-order valence-electron chi connectivity index (χ3n) is 3.72. The molecule has 2 amide bonds. The topological polar surface area (TPSA) is 122 Å². The fourth-order valence-corrected chi connectivity index (χ4v) is 2.26. The highest BCUT2D eigenvalue weighted by atomic mass is 19.1. The fraction of sp³-hybridized carbons (Fsp3) is 0.222. The second kappa shape index (κ2) is 9.27. The molecule has 0 aromatic heterocycles. The number of amides is 2. The summed E-state index contributed by atoms with van der Waals surface area (Å²) in [6.45, 7) is -0.249. The highest BCUT2D eigenvalue weighted by molar-refractivity contribution is 5.84. The van der Waals surface area contributed by atoms with Crippen LogP contribution in [0.1, 0.15) is 17.5 Å². The molecule has 0 saturated carbocycles. The summed E-state index contributed by atoms with van der Waals surface area (Å²) in [4.78, 5) is 33.2. The van der Waals surface area contributed by atoms with Crippen molar-refractivity contribution in [1.29, 1.82) is 0 Å². The Kier molecular flexibility index (Phi) is 6.81. The van der Waals surface area contributed by atoms with Gasteiger partial charge in [-0.25, -0.2) is 0 Å². The molecular formula is C18H18FN3O5. The van der Waals surface area contributed by atoms with E-state index in [0.29, 0.717) is 12.0 Å². The summed E-state index contributed by atoms with van der Waals surface area (Å²) in [5.74, 6) is -1.60. The molecule has 0 saturated heterocycles. The summed E-state index contributed by atoms with van der Waals surface area (Å²) >= 11 is 0. The van der Waals surface area contributed by atoms with Gasteiger partial charge < -0.3 is 15.7 Å². The van der Waals surface area contributed by atoms with Crippen molar-refractivity contribution in [3.05, 3.63) is 69.5 Å². The summed E-state index contributed by atoms with van der Waals surface area (Å²) < 4.78 is 13.5. The molecule has 0 bridgehead atoms. The summed E-state index contributed by atoms with van der Waals surface area (Å²) in [6.07, 6.45) is 0.654. The van der Waals surface area contributed by atoms with Gasteiger partial charge in [-0.3, -0.25) is 19.7 Å². The SMILES string of the molecule is O=C(CCc1ccc(O)cc1)NCC(=O)NCc1ccc([N+](=O)[O-])c(F)c1. The smallest absolute Gasteiger partial charge is 0.304 e. The first-order valence-electron chi connectivity index (χ1n) is 8.09. The number of phenols is 1. The number of hydrogen-bond acceptors (Lipinski definition) is 5. The van der Waals surface area contributed by atoms with Crippen LogP contribution < -0.4 is 10.6 Å². The number of carbonyl (C=O) groups is 2. The molecule has 0 aliphatic carbocycles. The molecule has 142 valence electrons. The third kappa shape index (κ3) is 6.38. The van der Waals surface area contributed by atoms with E-state index < -0.39 is 22.3 Å². The van der Waals surface area contributed by atoms with Gasteiger partial charge >= 0.3 is 5.69 Å². The Bertz CT molecular complexity index is 839. The Morgan fingerprint density at radius 2 is 1.70 bits per heavy atom. The molecule has 0 spiro atoms. The summed E-state index contributed by atoms with van der Waals surface area (Å²) in [5.41, 5.74) is 0.615. The van der Waals surface area contributed by atoms with Crippen LogP contribution in [0.25, 0.3) is 0 Å². The van der Waals surface area contributed by atoms with Gasteiger partial charge in [0.15, 0.2) is 0 Å². The molecule has 9 heteroatoms. The van der Waals surface area contributed by atoms with Crippen LogP contribution in [0.4, 0.5) is 10.1 Å². The zero-order valence-electron chi connectivity index (χ0n) is 14.3. The van der Waals surface area contributed by atoms with E-state index in [0.717, 1.165) is 17.7 Å². The van der Waals surface area contributed by atoms with Crippen molar-refractivity contribution in [1.82, 2.24) is 10.6 Å². The lowest BCUT2D eigenvalue weighted by atomic mass is 10.1. The van der Waals surface area contributed by atoms with Crippen LogP contribution in [0.3, 0.4) is 0 Å². The number of phenolic OH excluding ortho intramolecular Hbond substituents is 1. The van der Waals surface area contributed by atoms with E-state index >= 15 is 0 Å². The zero-order valence-corrected chi connectivity index (χ0v) is 14.3. The number of halogens is 1. The van der Waals surface area contributed by atoms with E-state index in [1.807, 2.05) is 0 Å². The van der Waals surface area contributed by atoms with Crippen molar-refractivity contribution in [3.63, 3.8) is 0 Å². The lowest BCUT2D eigenvalue weighted by Crippen LogP contribution is -2.36. The van der Waals surface area contributed by atoms with Crippen molar-refractivity contribution in [3.8, 4) is 5.75 Å². The van der Waals surface area contributed by atoms with Crippen molar-refractivity contribution in [2.24, 2.45) is 0 Å². The molecule has 8 nitrogen and oxygen atoms in total. The molecule has 0 fully saturated rings. The minimum Gasteiger partial charge on any atom is -0.508 e. The molecule has 2 aromatic rings. The first-order chi connectivity index (χ1) is 12.8. The number of aromatic hydroxyl groups is 1. The monoisotopic (exact) mass is 375 g/mol. The first kappa shape index (κ1) is 19.8. The number of nitro benzene ring substituents is 1. The minimum atomic E-state index is -0.978. The predicted molar refractivity (Wildman–Crippen MR) is 94.3 cm³/mol. The minimum absolute atomic E-state index is 0.0167. The average Bonchev–Trinajstić information content (AvgIpc) is 2.64. The van der Waals surface area contributed by atoms with Crippen LogP contribution in [0, 0.1) is 15.9 Å². The van der Waals surface area contributed by atoms with E-state index in [2.05, 4.69) is 10.6 Å². The highest BCUT2D eigenvalue weighted by Gasteiger charge is 2.14. The Morgan fingerprint density at radius 1 is 1.04 bits per heavy atom. The van der Waals surface area contributed by atoms with Gasteiger partial charge in [0.2, 0.25) is 17.6 Å². The zero-order chi connectivity index (χ0) is 19.8. The summed E-state index contributed by atoms with van der Waals surface area (Å²) in [6, 6.07) is 9.83. The van der Waals surface area contributed by atoms with E-state index in [-0.39, 0.29) is 31.2 Å². The van der Waals surface area contributed by atoms with E-state index in [9.17, 15) is 29.2 Å². The van der Waals surface area contributed by atoms with Crippen LogP contribution in [-0.2, 0) is 22.6 Å². The Labute approximate surface area is 154 Å². The number of carbonyl (C=O) groups excluding carboxylic acids is 2. The lowest BCUT2D eigenvalue weighted by molar-refractivity contribution is -0.387. The molecule has 0 radical (unpaired) electrons. The van der Waals surface area contributed by atoms with Crippen LogP contribution >= 0.6 is 0 Å². The van der Waals surface area contributed by atoms with Crippen LogP contribution in [0.2, 0.25) is 0 Å². The van der Waals surface area contributed by atoms with Crippen molar-refractivity contribution >= 4 is 17.5 Å². The van der Waals surface area contributed by atoms with E-state index in [1.54, 1.807) is 12.1 Å². The summed E-state index contributed by atoms with van der Waals surface area (Å²) in [7, 11) is 0. The average molecular weight is 375 g/mol. The quantitative estimate of drug-likeness (QED) is 0.480. The number of nitro groups is 1. The van der Waals surface area contributed by atoms with Crippen molar-refractivity contribution in [2.75, 3.05) is 6.54 Å².